The lowest BCUT2D eigenvalue weighted by atomic mass is 10.1. The topological polar surface area (TPSA) is 60.9 Å². The number of aromatic nitrogens is 2. The maximum absolute atomic E-state index is 12.1. The minimum atomic E-state index is 0.0689. The first-order valence-electron chi connectivity index (χ1n) is 6.45. The molecule has 2 N–H and O–H groups in total. The van der Waals surface area contributed by atoms with Gasteiger partial charge in [-0.15, -0.1) is 0 Å². The lowest BCUT2D eigenvalue weighted by Gasteiger charge is -2.17. The number of nitrogens with two attached hydrogens (primary N) is 1. The van der Waals surface area contributed by atoms with Gasteiger partial charge in [0.15, 0.2) is 0 Å². The smallest absolute Gasteiger partial charge is 0.251 e. The van der Waals surface area contributed by atoms with Crippen LogP contribution in [0.4, 0.5) is 5.82 Å². The molecule has 0 radical (unpaired) electrons. The van der Waals surface area contributed by atoms with E-state index < -0.39 is 0 Å². The van der Waals surface area contributed by atoms with Gasteiger partial charge in [0.1, 0.15) is 5.82 Å². The van der Waals surface area contributed by atoms with Crippen molar-refractivity contribution < 1.29 is 0 Å². The third kappa shape index (κ3) is 1.68. The van der Waals surface area contributed by atoms with Crippen molar-refractivity contribution in [3.63, 3.8) is 0 Å². The molecule has 3 rings (SSSR count). The highest BCUT2D eigenvalue weighted by Gasteiger charge is 2.20. The van der Waals surface area contributed by atoms with E-state index in [1.807, 2.05) is 23.6 Å². The van der Waals surface area contributed by atoms with Crippen LogP contribution < -0.4 is 11.3 Å². The average Bonchev–Trinajstić information content (AvgIpc) is 2.81. The Bertz CT molecular complexity index is 654. The molecule has 1 aliphatic rings. The Morgan fingerprint density at radius 1 is 1.33 bits per heavy atom. The molecule has 94 valence electrons. The summed E-state index contributed by atoms with van der Waals surface area (Å²) in [6, 6.07) is 5.64. The van der Waals surface area contributed by atoms with Crippen LogP contribution in [-0.4, -0.2) is 9.55 Å². The molecular weight excluding hydrogens is 226 g/mol. The van der Waals surface area contributed by atoms with Crippen molar-refractivity contribution in [1.29, 1.82) is 0 Å². The molecule has 1 saturated carbocycles. The van der Waals surface area contributed by atoms with Crippen LogP contribution in [0.1, 0.15) is 37.4 Å². The van der Waals surface area contributed by atoms with Crippen molar-refractivity contribution in [1.82, 2.24) is 9.55 Å². The molecule has 1 fully saturated rings. The first-order valence-corrected chi connectivity index (χ1v) is 6.45. The van der Waals surface area contributed by atoms with Gasteiger partial charge in [-0.1, -0.05) is 12.8 Å². The predicted octanol–water partition coefficient (Wildman–Crippen LogP) is 2.40. The zero-order valence-corrected chi connectivity index (χ0v) is 10.5. The van der Waals surface area contributed by atoms with E-state index in [4.69, 9.17) is 5.73 Å². The van der Waals surface area contributed by atoms with E-state index in [0.29, 0.717) is 11.9 Å². The molecule has 0 bridgehead atoms. The van der Waals surface area contributed by atoms with Gasteiger partial charge in [-0.25, -0.2) is 4.98 Å². The van der Waals surface area contributed by atoms with Crippen LogP contribution in [-0.2, 0) is 0 Å². The van der Waals surface area contributed by atoms with E-state index in [-0.39, 0.29) is 5.56 Å². The van der Waals surface area contributed by atoms with Crippen LogP contribution in [0.25, 0.3) is 10.9 Å². The third-order valence-corrected chi connectivity index (χ3v) is 3.83. The van der Waals surface area contributed by atoms with Gasteiger partial charge in [-0.3, -0.25) is 4.79 Å². The molecule has 0 saturated heterocycles. The number of aryl methyl sites for hydroxylation is 1. The van der Waals surface area contributed by atoms with Gasteiger partial charge < -0.3 is 10.3 Å². The number of fused-ring (bicyclic) bond motifs is 1. The van der Waals surface area contributed by atoms with E-state index in [0.717, 1.165) is 29.4 Å². The molecular formula is C14H17N3O. The van der Waals surface area contributed by atoms with Gasteiger partial charge in [0.2, 0.25) is 0 Å². The van der Waals surface area contributed by atoms with Crippen LogP contribution in [0.3, 0.4) is 0 Å². The monoisotopic (exact) mass is 243 g/mol. The number of hydrogen-bond acceptors (Lipinski definition) is 3. The molecule has 0 atom stereocenters. The number of anilines is 1. The first kappa shape index (κ1) is 11.3. The number of rotatable bonds is 1. The van der Waals surface area contributed by atoms with Gasteiger partial charge in [-0.2, -0.15) is 0 Å². The molecule has 4 nitrogen and oxygen atoms in total. The standard InChI is InChI=1S/C14H17N3O/c1-9-11-6-7-14(18)17(10-4-2-3-5-10)12(11)8-13(15)16-9/h6-8,10H,2-5H2,1H3,(H2,15,16). The van der Waals surface area contributed by atoms with E-state index in [1.54, 1.807) is 6.07 Å². The SMILES string of the molecule is Cc1nc(N)cc2c1ccc(=O)n2C1CCCC1. The summed E-state index contributed by atoms with van der Waals surface area (Å²) in [4.78, 5) is 16.4. The van der Waals surface area contributed by atoms with Gasteiger partial charge in [0, 0.05) is 29.3 Å². The number of hydrogen-bond donors (Lipinski definition) is 1. The van der Waals surface area contributed by atoms with Gasteiger partial charge in [0.05, 0.1) is 5.52 Å². The van der Waals surface area contributed by atoms with E-state index >= 15 is 0 Å². The van der Waals surface area contributed by atoms with Crippen molar-refractivity contribution in [2.75, 3.05) is 5.73 Å². The highest BCUT2D eigenvalue weighted by atomic mass is 16.1. The quantitative estimate of drug-likeness (QED) is 0.836. The van der Waals surface area contributed by atoms with Crippen LogP contribution in [0, 0.1) is 6.92 Å². The fraction of sp³-hybridized carbons (Fsp3) is 0.429. The lowest BCUT2D eigenvalue weighted by Crippen LogP contribution is -2.23. The van der Waals surface area contributed by atoms with Gasteiger partial charge >= 0.3 is 0 Å². The van der Waals surface area contributed by atoms with Crippen molar-refractivity contribution in [2.45, 2.75) is 38.6 Å². The Labute approximate surface area is 105 Å². The lowest BCUT2D eigenvalue weighted by molar-refractivity contribution is 0.519. The minimum Gasteiger partial charge on any atom is -0.384 e. The summed E-state index contributed by atoms with van der Waals surface area (Å²) in [5.74, 6) is 0.484. The largest absolute Gasteiger partial charge is 0.384 e. The molecule has 4 heteroatoms. The molecule has 18 heavy (non-hydrogen) atoms. The fourth-order valence-electron chi connectivity index (χ4n) is 2.99. The minimum absolute atomic E-state index is 0.0689. The molecule has 0 aliphatic heterocycles. The summed E-state index contributed by atoms with van der Waals surface area (Å²) >= 11 is 0. The Morgan fingerprint density at radius 2 is 2.06 bits per heavy atom. The molecule has 1 aliphatic carbocycles. The first-order chi connectivity index (χ1) is 8.66. The number of nitrogen functional groups attached to an aromatic ring is 1. The van der Waals surface area contributed by atoms with Crippen molar-refractivity contribution in [3.8, 4) is 0 Å². The van der Waals surface area contributed by atoms with Crippen molar-refractivity contribution >= 4 is 16.7 Å². The van der Waals surface area contributed by atoms with E-state index in [1.165, 1.54) is 12.8 Å². The second-order valence-electron chi connectivity index (χ2n) is 5.05. The summed E-state index contributed by atoms with van der Waals surface area (Å²) < 4.78 is 1.91. The number of nitrogens with zero attached hydrogens (tertiary/aromatic N) is 2. The van der Waals surface area contributed by atoms with Gasteiger partial charge in [0.25, 0.3) is 5.56 Å². The molecule has 2 heterocycles. The second-order valence-corrected chi connectivity index (χ2v) is 5.05. The summed E-state index contributed by atoms with van der Waals surface area (Å²) in [5, 5.41) is 1.02. The van der Waals surface area contributed by atoms with Crippen LogP contribution in [0.15, 0.2) is 23.0 Å². The molecule has 0 aromatic carbocycles. The number of pyridine rings is 2. The van der Waals surface area contributed by atoms with E-state index in [2.05, 4.69) is 4.98 Å². The van der Waals surface area contributed by atoms with Crippen LogP contribution >= 0.6 is 0 Å². The Balaban J connectivity index is 2.34. The Morgan fingerprint density at radius 3 is 2.78 bits per heavy atom. The molecule has 2 aromatic rings. The Hall–Kier alpha value is -1.84. The van der Waals surface area contributed by atoms with Crippen LogP contribution in [0.2, 0.25) is 0 Å². The average molecular weight is 243 g/mol. The Kier molecular flexibility index (Phi) is 2.58. The highest BCUT2D eigenvalue weighted by Crippen LogP contribution is 2.31. The second kappa shape index (κ2) is 4.12. The highest BCUT2D eigenvalue weighted by molar-refractivity contribution is 5.83. The molecule has 0 unspecified atom stereocenters. The van der Waals surface area contributed by atoms with Crippen LogP contribution in [0.5, 0.6) is 0 Å². The normalized spacial score (nSPS) is 16.5. The summed E-state index contributed by atoms with van der Waals surface area (Å²) in [5.41, 5.74) is 7.70. The summed E-state index contributed by atoms with van der Waals surface area (Å²) in [6.45, 7) is 1.93. The zero-order chi connectivity index (χ0) is 12.7. The molecule has 0 amide bonds. The summed E-state index contributed by atoms with van der Waals surface area (Å²) in [7, 11) is 0. The molecule has 2 aromatic heterocycles. The fourth-order valence-corrected chi connectivity index (χ4v) is 2.99. The molecule has 0 spiro atoms. The van der Waals surface area contributed by atoms with Crippen molar-refractivity contribution in [2.24, 2.45) is 0 Å². The zero-order valence-electron chi connectivity index (χ0n) is 10.5. The maximum atomic E-state index is 12.1. The predicted molar refractivity (Wildman–Crippen MR) is 72.7 cm³/mol. The van der Waals surface area contributed by atoms with Gasteiger partial charge in [-0.05, 0) is 25.8 Å². The third-order valence-electron chi connectivity index (χ3n) is 3.83. The summed E-state index contributed by atoms with van der Waals surface area (Å²) in [6.07, 6.45) is 4.57. The van der Waals surface area contributed by atoms with Crippen molar-refractivity contribution in [3.05, 3.63) is 34.2 Å². The maximum Gasteiger partial charge on any atom is 0.251 e. The van der Waals surface area contributed by atoms with E-state index in [9.17, 15) is 4.79 Å².